The Balaban J connectivity index is 2.59. The van der Waals surface area contributed by atoms with E-state index in [-0.39, 0.29) is 12.5 Å². The van der Waals surface area contributed by atoms with E-state index in [4.69, 9.17) is 10.5 Å². The van der Waals surface area contributed by atoms with E-state index in [0.717, 1.165) is 11.1 Å². The molecule has 0 heterocycles. The fraction of sp³-hybridized carbons (Fsp3) is 0.467. The lowest BCUT2D eigenvalue weighted by atomic mass is 10.0. The van der Waals surface area contributed by atoms with Crippen LogP contribution in [0.25, 0.3) is 0 Å². The number of amides is 1. The van der Waals surface area contributed by atoms with Crippen LogP contribution in [0.4, 0.5) is 5.69 Å². The predicted octanol–water partition coefficient (Wildman–Crippen LogP) is 1.81. The molecule has 0 bridgehead atoms. The van der Waals surface area contributed by atoms with Crippen LogP contribution >= 0.6 is 0 Å². The number of hydrogen-bond acceptors (Lipinski definition) is 4. The number of aryl methyl sites for hydroxylation is 2. The maximum Gasteiger partial charge on any atom is 0.338 e. The van der Waals surface area contributed by atoms with Gasteiger partial charge < -0.3 is 15.8 Å². The molecule has 0 saturated heterocycles. The predicted molar refractivity (Wildman–Crippen MR) is 78.5 cm³/mol. The second kappa shape index (κ2) is 6.93. The summed E-state index contributed by atoms with van der Waals surface area (Å²) in [6, 6.07) is 3.41. The lowest BCUT2D eigenvalue weighted by Crippen LogP contribution is -2.31. The van der Waals surface area contributed by atoms with Gasteiger partial charge in [0.15, 0.2) is 6.61 Å². The summed E-state index contributed by atoms with van der Waals surface area (Å²) in [5.74, 6) is -0.479. The minimum absolute atomic E-state index is 0.279. The Morgan fingerprint density at radius 3 is 2.50 bits per heavy atom. The summed E-state index contributed by atoms with van der Waals surface area (Å²) in [5, 5.41) is 2.68. The summed E-state index contributed by atoms with van der Waals surface area (Å²) >= 11 is 0. The lowest BCUT2D eigenvalue weighted by Gasteiger charge is -2.10. The molecule has 0 spiro atoms. The second-order valence-corrected chi connectivity index (χ2v) is 5.30. The van der Waals surface area contributed by atoms with Crippen LogP contribution in [0.15, 0.2) is 12.1 Å². The van der Waals surface area contributed by atoms with Crippen molar-refractivity contribution in [3.05, 3.63) is 28.8 Å². The molecule has 0 radical (unpaired) electrons. The molecule has 0 unspecified atom stereocenters. The van der Waals surface area contributed by atoms with Crippen molar-refractivity contribution >= 4 is 17.6 Å². The van der Waals surface area contributed by atoms with Crippen LogP contribution in [0.5, 0.6) is 0 Å². The van der Waals surface area contributed by atoms with Crippen LogP contribution in [0.1, 0.15) is 35.3 Å². The monoisotopic (exact) mass is 278 g/mol. The highest BCUT2D eigenvalue weighted by Crippen LogP contribution is 2.18. The van der Waals surface area contributed by atoms with Crippen molar-refractivity contribution in [3.8, 4) is 0 Å². The molecule has 0 fully saturated rings. The maximum atomic E-state index is 11.9. The van der Waals surface area contributed by atoms with Crippen LogP contribution in [0.2, 0.25) is 0 Å². The van der Waals surface area contributed by atoms with Crippen LogP contribution in [0, 0.1) is 19.8 Å². The van der Waals surface area contributed by atoms with Crippen LogP contribution < -0.4 is 11.1 Å². The minimum Gasteiger partial charge on any atom is -0.452 e. The number of rotatable bonds is 5. The normalized spacial score (nSPS) is 10.4. The zero-order valence-corrected chi connectivity index (χ0v) is 12.4. The van der Waals surface area contributed by atoms with Crippen molar-refractivity contribution in [1.29, 1.82) is 0 Å². The molecular formula is C15H22N2O3. The van der Waals surface area contributed by atoms with Gasteiger partial charge in [-0.05, 0) is 37.0 Å². The Morgan fingerprint density at radius 1 is 1.25 bits per heavy atom. The maximum absolute atomic E-state index is 11.9. The summed E-state index contributed by atoms with van der Waals surface area (Å²) < 4.78 is 4.99. The highest BCUT2D eigenvalue weighted by atomic mass is 16.5. The number of nitrogens with one attached hydrogen (secondary N) is 1. The zero-order valence-electron chi connectivity index (χ0n) is 12.4. The molecule has 1 aromatic carbocycles. The second-order valence-electron chi connectivity index (χ2n) is 5.30. The molecule has 110 valence electrons. The van der Waals surface area contributed by atoms with E-state index in [1.165, 1.54) is 0 Å². The molecule has 1 rings (SSSR count). The van der Waals surface area contributed by atoms with E-state index in [9.17, 15) is 9.59 Å². The number of carbonyl (C=O) groups excluding carboxylic acids is 2. The number of esters is 1. The molecule has 0 aliphatic carbocycles. The molecule has 1 amide bonds. The Kier molecular flexibility index (Phi) is 5.55. The first kappa shape index (κ1) is 16.0. The van der Waals surface area contributed by atoms with E-state index in [2.05, 4.69) is 5.32 Å². The minimum atomic E-state index is -0.533. The molecule has 20 heavy (non-hydrogen) atoms. The van der Waals surface area contributed by atoms with Gasteiger partial charge in [0.1, 0.15) is 0 Å². The van der Waals surface area contributed by atoms with Crippen molar-refractivity contribution < 1.29 is 14.3 Å². The summed E-state index contributed by atoms with van der Waals surface area (Å²) in [6.07, 6.45) is 0. The van der Waals surface area contributed by atoms with E-state index in [1.807, 2.05) is 33.8 Å². The third-order valence-corrected chi connectivity index (χ3v) is 2.87. The van der Waals surface area contributed by atoms with E-state index < -0.39 is 5.97 Å². The topological polar surface area (TPSA) is 81.4 Å². The molecule has 0 saturated carbocycles. The molecule has 0 aliphatic rings. The standard InChI is InChI=1S/C15H22N2O3/c1-9(2)7-17-14(18)8-20-15(19)12-6-13(16)11(4)5-10(12)3/h5-6,9H,7-8,16H2,1-4H3,(H,17,18). The van der Waals surface area contributed by atoms with Crippen LogP contribution in [-0.2, 0) is 9.53 Å². The van der Waals surface area contributed by atoms with Crippen molar-refractivity contribution in [2.45, 2.75) is 27.7 Å². The van der Waals surface area contributed by atoms with Gasteiger partial charge in [-0.3, -0.25) is 4.79 Å². The first-order valence-corrected chi connectivity index (χ1v) is 6.61. The van der Waals surface area contributed by atoms with Crippen molar-refractivity contribution in [1.82, 2.24) is 5.32 Å². The quantitative estimate of drug-likeness (QED) is 0.636. The molecular weight excluding hydrogens is 256 g/mol. The molecule has 0 aliphatic heterocycles. The van der Waals surface area contributed by atoms with Crippen LogP contribution in [-0.4, -0.2) is 25.0 Å². The summed E-state index contributed by atoms with van der Waals surface area (Å²) in [6.45, 7) is 7.94. The van der Waals surface area contributed by atoms with Gasteiger partial charge >= 0.3 is 5.97 Å². The number of anilines is 1. The van der Waals surface area contributed by atoms with Gasteiger partial charge in [0.2, 0.25) is 0 Å². The van der Waals surface area contributed by atoms with Crippen molar-refractivity contribution in [2.24, 2.45) is 5.92 Å². The number of carbonyl (C=O) groups is 2. The van der Waals surface area contributed by atoms with Gasteiger partial charge in [-0.15, -0.1) is 0 Å². The number of nitrogen functional groups attached to an aromatic ring is 1. The molecule has 0 aromatic heterocycles. The van der Waals surface area contributed by atoms with E-state index in [1.54, 1.807) is 6.07 Å². The molecule has 5 nitrogen and oxygen atoms in total. The van der Waals surface area contributed by atoms with E-state index >= 15 is 0 Å². The van der Waals surface area contributed by atoms with Crippen molar-refractivity contribution in [2.75, 3.05) is 18.9 Å². The number of ether oxygens (including phenoxy) is 1. The number of benzene rings is 1. The largest absolute Gasteiger partial charge is 0.452 e. The van der Waals surface area contributed by atoms with Gasteiger partial charge in [0.05, 0.1) is 5.56 Å². The van der Waals surface area contributed by atoms with Gasteiger partial charge in [-0.25, -0.2) is 4.79 Å². The third kappa shape index (κ3) is 4.57. The Bertz CT molecular complexity index is 510. The fourth-order valence-electron chi connectivity index (χ4n) is 1.67. The van der Waals surface area contributed by atoms with E-state index in [0.29, 0.717) is 23.7 Å². The Labute approximate surface area is 119 Å². The zero-order chi connectivity index (χ0) is 15.3. The van der Waals surface area contributed by atoms with Gasteiger partial charge in [-0.1, -0.05) is 19.9 Å². The molecule has 3 N–H and O–H groups in total. The molecule has 5 heteroatoms. The summed E-state index contributed by atoms with van der Waals surface area (Å²) in [4.78, 5) is 23.4. The number of nitrogens with two attached hydrogens (primary N) is 1. The average molecular weight is 278 g/mol. The van der Waals surface area contributed by atoms with Crippen LogP contribution in [0.3, 0.4) is 0 Å². The van der Waals surface area contributed by atoms with Gasteiger partial charge in [-0.2, -0.15) is 0 Å². The molecule has 0 atom stereocenters. The highest BCUT2D eigenvalue weighted by molar-refractivity contribution is 5.93. The van der Waals surface area contributed by atoms with Crippen molar-refractivity contribution in [3.63, 3.8) is 0 Å². The van der Waals surface area contributed by atoms with Gasteiger partial charge in [0.25, 0.3) is 5.91 Å². The lowest BCUT2D eigenvalue weighted by molar-refractivity contribution is -0.124. The Hall–Kier alpha value is -2.04. The highest BCUT2D eigenvalue weighted by Gasteiger charge is 2.14. The average Bonchev–Trinajstić information content (AvgIpc) is 2.37. The SMILES string of the molecule is Cc1cc(C)c(C(=O)OCC(=O)NCC(C)C)cc1N. The molecule has 1 aromatic rings. The summed E-state index contributed by atoms with van der Waals surface area (Å²) in [5.41, 5.74) is 8.40. The fourth-order valence-corrected chi connectivity index (χ4v) is 1.67. The van der Waals surface area contributed by atoms with Gasteiger partial charge in [0, 0.05) is 12.2 Å². The number of hydrogen-bond donors (Lipinski definition) is 2. The first-order valence-electron chi connectivity index (χ1n) is 6.61. The Morgan fingerprint density at radius 2 is 1.90 bits per heavy atom. The first-order chi connectivity index (χ1) is 9.31. The third-order valence-electron chi connectivity index (χ3n) is 2.87. The summed E-state index contributed by atoms with van der Waals surface area (Å²) in [7, 11) is 0. The smallest absolute Gasteiger partial charge is 0.338 e.